The molecule has 1 saturated heterocycles. The van der Waals surface area contributed by atoms with Crippen LogP contribution >= 0.6 is 0 Å². The van der Waals surface area contributed by atoms with Gasteiger partial charge in [0, 0.05) is 13.1 Å². The molecule has 0 spiro atoms. The molecule has 1 unspecified atom stereocenters. The Hall–Kier alpha value is -1.88. The van der Waals surface area contributed by atoms with Crippen molar-refractivity contribution in [3.05, 3.63) is 35.4 Å². The minimum absolute atomic E-state index is 0.0251. The van der Waals surface area contributed by atoms with E-state index in [1.54, 1.807) is 0 Å². The minimum atomic E-state index is -0.0251. The lowest BCUT2D eigenvalue weighted by Gasteiger charge is -2.29. The predicted octanol–water partition coefficient (Wildman–Crippen LogP) is 3.11. The summed E-state index contributed by atoms with van der Waals surface area (Å²) in [6, 6.07) is 8.86. The van der Waals surface area contributed by atoms with Gasteiger partial charge in [-0.1, -0.05) is 52.0 Å². The molecule has 1 fully saturated rings. The number of benzene rings is 1. The second kappa shape index (κ2) is 9.36. The van der Waals surface area contributed by atoms with Crippen molar-refractivity contribution in [3.8, 4) is 0 Å². The lowest BCUT2D eigenvalue weighted by Crippen LogP contribution is -2.44. The van der Waals surface area contributed by atoms with E-state index in [0.717, 1.165) is 19.4 Å². The zero-order valence-electron chi connectivity index (χ0n) is 17.5. The van der Waals surface area contributed by atoms with Gasteiger partial charge in [-0.05, 0) is 42.9 Å². The molecule has 5 heteroatoms. The van der Waals surface area contributed by atoms with Crippen LogP contribution < -0.4 is 5.32 Å². The van der Waals surface area contributed by atoms with Gasteiger partial charge in [0.1, 0.15) is 0 Å². The number of nitrogens with one attached hydrogen (secondary N) is 1. The van der Waals surface area contributed by atoms with Gasteiger partial charge in [0.15, 0.2) is 0 Å². The highest BCUT2D eigenvalue weighted by atomic mass is 16.2. The molecule has 0 radical (unpaired) electrons. The third kappa shape index (κ3) is 5.80. The molecule has 0 aliphatic carbocycles. The fourth-order valence-electron chi connectivity index (χ4n) is 3.63. The van der Waals surface area contributed by atoms with Gasteiger partial charge in [0.2, 0.25) is 11.8 Å². The molecule has 27 heavy (non-hydrogen) atoms. The summed E-state index contributed by atoms with van der Waals surface area (Å²) in [5.41, 5.74) is 2.64. The number of likely N-dealkylation sites (tertiary alicyclic amines) is 1. The van der Waals surface area contributed by atoms with E-state index in [9.17, 15) is 9.59 Å². The van der Waals surface area contributed by atoms with Crippen molar-refractivity contribution < 1.29 is 9.59 Å². The van der Waals surface area contributed by atoms with Gasteiger partial charge < -0.3 is 10.2 Å². The summed E-state index contributed by atoms with van der Waals surface area (Å²) in [4.78, 5) is 28.7. The van der Waals surface area contributed by atoms with E-state index in [4.69, 9.17) is 0 Å². The predicted molar refractivity (Wildman–Crippen MR) is 110 cm³/mol. The van der Waals surface area contributed by atoms with Gasteiger partial charge in [-0.2, -0.15) is 0 Å². The van der Waals surface area contributed by atoms with Gasteiger partial charge in [0.25, 0.3) is 0 Å². The molecule has 150 valence electrons. The Balaban J connectivity index is 2.04. The van der Waals surface area contributed by atoms with E-state index in [-0.39, 0.29) is 29.8 Å². The zero-order chi connectivity index (χ0) is 20.0. The molecule has 0 bridgehead atoms. The SMILES string of the molecule is CCNC(=O)CN(CC)CC(=O)N1CCCC1c1ccc(C(C)(C)C)cc1. The molecule has 1 N–H and O–H groups in total. The number of likely N-dealkylation sites (N-methyl/N-ethyl adjacent to an activating group) is 2. The molecular formula is C22H35N3O2. The molecule has 2 rings (SSSR count). The standard InChI is InChI=1S/C22H35N3O2/c1-6-23-20(26)15-24(7-2)16-21(27)25-14-8-9-19(25)17-10-12-18(13-11-17)22(3,4)5/h10-13,19H,6-9,14-16H2,1-5H3,(H,23,26). The fourth-order valence-corrected chi connectivity index (χ4v) is 3.63. The Morgan fingerprint density at radius 3 is 2.37 bits per heavy atom. The first kappa shape index (κ1) is 21.4. The number of nitrogens with zero attached hydrogens (tertiary/aromatic N) is 2. The van der Waals surface area contributed by atoms with Crippen LogP contribution in [0.2, 0.25) is 0 Å². The molecular weight excluding hydrogens is 338 g/mol. The molecule has 1 heterocycles. The van der Waals surface area contributed by atoms with Crippen LogP contribution in [0.5, 0.6) is 0 Å². The number of amides is 2. The fraction of sp³-hybridized carbons (Fsp3) is 0.636. The van der Waals surface area contributed by atoms with Gasteiger partial charge in [-0.25, -0.2) is 0 Å². The quantitative estimate of drug-likeness (QED) is 0.799. The summed E-state index contributed by atoms with van der Waals surface area (Å²) in [6.45, 7) is 13.2. The van der Waals surface area contributed by atoms with Crippen LogP contribution in [0.4, 0.5) is 0 Å². The lowest BCUT2D eigenvalue weighted by molar-refractivity contribution is -0.134. The average molecular weight is 374 g/mol. The summed E-state index contributed by atoms with van der Waals surface area (Å²) in [5.74, 6) is 0.0893. The number of hydrogen-bond acceptors (Lipinski definition) is 3. The van der Waals surface area contributed by atoms with Crippen molar-refractivity contribution in [1.82, 2.24) is 15.1 Å². The maximum atomic E-state index is 12.9. The summed E-state index contributed by atoms with van der Waals surface area (Å²) < 4.78 is 0. The highest BCUT2D eigenvalue weighted by molar-refractivity contribution is 5.81. The summed E-state index contributed by atoms with van der Waals surface area (Å²) in [6.07, 6.45) is 2.03. The molecule has 1 aliphatic rings. The number of carbonyl (C=O) groups is 2. The minimum Gasteiger partial charge on any atom is -0.355 e. The van der Waals surface area contributed by atoms with Crippen LogP contribution in [0, 0.1) is 0 Å². The largest absolute Gasteiger partial charge is 0.355 e. The average Bonchev–Trinajstić information content (AvgIpc) is 3.10. The lowest BCUT2D eigenvalue weighted by atomic mass is 9.86. The van der Waals surface area contributed by atoms with E-state index < -0.39 is 0 Å². The maximum Gasteiger partial charge on any atom is 0.237 e. The second-order valence-corrected chi connectivity index (χ2v) is 8.37. The van der Waals surface area contributed by atoms with Crippen LogP contribution in [-0.4, -0.2) is 54.3 Å². The molecule has 1 atom stereocenters. The van der Waals surface area contributed by atoms with E-state index in [1.807, 2.05) is 23.6 Å². The Morgan fingerprint density at radius 2 is 1.81 bits per heavy atom. The molecule has 2 amide bonds. The maximum absolute atomic E-state index is 12.9. The van der Waals surface area contributed by atoms with E-state index >= 15 is 0 Å². The van der Waals surface area contributed by atoms with E-state index in [2.05, 4.69) is 50.4 Å². The Morgan fingerprint density at radius 1 is 1.15 bits per heavy atom. The van der Waals surface area contributed by atoms with Crippen molar-refractivity contribution in [2.24, 2.45) is 0 Å². The topological polar surface area (TPSA) is 52.7 Å². The van der Waals surface area contributed by atoms with Gasteiger partial charge in [0.05, 0.1) is 19.1 Å². The number of hydrogen-bond donors (Lipinski definition) is 1. The first-order chi connectivity index (χ1) is 12.8. The van der Waals surface area contributed by atoms with Crippen molar-refractivity contribution in [3.63, 3.8) is 0 Å². The van der Waals surface area contributed by atoms with Gasteiger partial charge in [-0.15, -0.1) is 0 Å². The highest BCUT2D eigenvalue weighted by Gasteiger charge is 2.31. The summed E-state index contributed by atoms with van der Waals surface area (Å²) in [5, 5.41) is 2.80. The Bertz CT molecular complexity index is 634. The number of rotatable bonds is 7. The Kier molecular flexibility index (Phi) is 7.42. The first-order valence-corrected chi connectivity index (χ1v) is 10.1. The van der Waals surface area contributed by atoms with Crippen LogP contribution in [0.25, 0.3) is 0 Å². The molecule has 0 saturated carbocycles. The summed E-state index contributed by atoms with van der Waals surface area (Å²) >= 11 is 0. The smallest absolute Gasteiger partial charge is 0.237 e. The van der Waals surface area contributed by atoms with E-state index in [1.165, 1.54) is 11.1 Å². The third-order valence-electron chi connectivity index (χ3n) is 5.28. The first-order valence-electron chi connectivity index (χ1n) is 10.1. The van der Waals surface area contributed by atoms with Crippen LogP contribution in [0.3, 0.4) is 0 Å². The highest BCUT2D eigenvalue weighted by Crippen LogP contribution is 2.33. The van der Waals surface area contributed by atoms with Gasteiger partial charge in [-0.3, -0.25) is 14.5 Å². The molecule has 5 nitrogen and oxygen atoms in total. The van der Waals surface area contributed by atoms with Crippen molar-refractivity contribution in [2.75, 3.05) is 32.7 Å². The Labute approximate surface area is 164 Å². The normalized spacial score (nSPS) is 17.4. The molecule has 1 aromatic carbocycles. The van der Waals surface area contributed by atoms with Gasteiger partial charge >= 0.3 is 0 Å². The monoisotopic (exact) mass is 373 g/mol. The van der Waals surface area contributed by atoms with Crippen molar-refractivity contribution >= 4 is 11.8 Å². The van der Waals surface area contributed by atoms with Crippen LogP contribution in [0.15, 0.2) is 24.3 Å². The summed E-state index contributed by atoms with van der Waals surface area (Å²) in [7, 11) is 0. The van der Waals surface area contributed by atoms with Crippen molar-refractivity contribution in [1.29, 1.82) is 0 Å². The molecule has 1 aliphatic heterocycles. The molecule has 1 aromatic rings. The van der Waals surface area contributed by atoms with Crippen LogP contribution in [-0.2, 0) is 15.0 Å². The van der Waals surface area contributed by atoms with Crippen molar-refractivity contribution in [2.45, 2.75) is 58.9 Å². The zero-order valence-corrected chi connectivity index (χ0v) is 17.5. The third-order valence-corrected chi connectivity index (χ3v) is 5.28. The van der Waals surface area contributed by atoms with Crippen LogP contribution in [0.1, 0.15) is 64.6 Å². The van der Waals surface area contributed by atoms with E-state index in [0.29, 0.717) is 19.6 Å². The molecule has 0 aromatic heterocycles. The second-order valence-electron chi connectivity index (χ2n) is 8.37. The number of carbonyl (C=O) groups excluding carboxylic acids is 2.